The molecule has 0 spiro atoms. The normalized spacial score (nSPS) is 11.1. The first-order chi connectivity index (χ1) is 10.4. The monoisotopic (exact) mass is 296 g/mol. The minimum Gasteiger partial charge on any atom is -0.465 e. The van der Waals surface area contributed by atoms with Crippen molar-refractivity contribution in [1.29, 1.82) is 0 Å². The standard InChI is InChI=1S/C19H20O3/c1-13-6-5-7-16(12-13)19(2,3)17(20)14-8-10-15(11-9-14)18(21)22-4/h5-12H,1-4H3. The molecule has 0 unspecified atom stereocenters. The van der Waals surface area contributed by atoms with Crippen molar-refractivity contribution in [3.63, 3.8) is 0 Å². The molecule has 0 aromatic heterocycles. The molecule has 0 saturated carbocycles. The van der Waals surface area contributed by atoms with Gasteiger partial charge in [0.25, 0.3) is 0 Å². The summed E-state index contributed by atoms with van der Waals surface area (Å²) in [6, 6.07) is 14.5. The number of benzene rings is 2. The summed E-state index contributed by atoms with van der Waals surface area (Å²) in [5, 5.41) is 0. The van der Waals surface area contributed by atoms with Gasteiger partial charge in [0.1, 0.15) is 0 Å². The molecule has 0 saturated heterocycles. The maximum absolute atomic E-state index is 12.8. The zero-order valence-electron chi connectivity index (χ0n) is 13.3. The Balaban J connectivity index is 2.32. The van der Waals surface area contributed by atoms with Crippen molar-refractivity contribution < 1.29 is 14.3 Å². The lowest BCUT2D eigenvalue weighted by Gasteiger charge is -2.24. The number of hydrogen-bond acceptors (Lipinski definition) is 3. The van der Waals surface area contributed by atoms with Crippen LogP contribution in [-0.2, 0) is 10.2 Å². The first kappa shape index (κ1) is 16.0. The molecule has 0 bridgehead atoms. The van der Waals surface area contributed by atoms with E-state index in [1.165, 1.54) is 7.11 Å². The molecule has 0 radical (unpaired) electrons. The molecule has 3 heteroatoms. The highest BCUT2D eigenvalue weighted by Crippen LogP contribution is 2.28. The van der Waals surface area contributed by atoms with Gasteiger partial charge in [-0.3, -0.25) is 4.79 Å². The number of hydrogen-bond donors (Lipinski definition) is 0. The summed E-state index contributed by atoms with van der Waals surface area (Å²) in [6.45, 7) is 5.84. The Morgan fingerprint density at radius 1 is 0.955 bits per heavy atom. The minimum absolute atomic E-state index is 0.0227. The van der Waals surface area contributed by atoms with E-state index >= 15 is 0 Å². The molecule has 114 valence electrons. The van der Waals surface area contributed by atoms with Crippen LogP contribution in [-0.4, -0.2) is 18.9 Å². The molecule has 0 aliphatic heterocycles. The number of carbonyl (C=O) groups is 2. The predicted octanol–water partition coefficient (Wildman–Crippen LogP) is 3.94. The Kier molecular flexibility index (Phi) is 4.45. The maximum atomic E-state index is 12.8. The quantitative estimate of drug-likeness (QED) is 0.634. The van der Waals surface area contributed by atoms with E-state index in [0.717, 1.165) is 11.1 Å². The number of ether oxygens (including phenoxy) is 1. The van der Waals surface area contributed by atoms with Crippen LogP contribution >= 0.6 is 0 Å². The number of aryl methyl sites for hydroxylation is 1. The first-order valence-electron chi connectivity index (χ1n) is 7.16. The molecule has 2 rings (SSSR count). The van der Waals surface area contributed by atoms with E-state index < -0.39 is 11.4 Å². The smallest absolute Gasteiger partial charge is 0.337 e. The van der Waals surface area contributed by atoms with Crippen LogP contribution in [0.2, 0.25) is 0 Å². The van der Waals surface area contributed by atoms with Crippen LogP contribution in [0.4, 0.5) is 0 Å². The van der Waals surface area contributed by atoms with Crippen LogP contribution in [0.25, 0.3) is 0 Å². The van der Waals surface area contributed by atoms with Gasteiger partial charge in [-0.1, -0.05) is 42.0 Å². The van der Waals surface area contributed by atoms with Gasteiger partial charge in [-0.05, 0) is 38.5 Å². The fourth-order valence-electron chi connectivity index (χ4n) is 2.40. The van der Waals surface area contributed by atoms with E-state index in [0.29, 0.717) is 11.1 Å². The summed E-state index contributed by atoms with van der Waals surface area (Å²) >= 11 is 0. The van der Waals surface area contributed by atoms with Crippen molar-refractivity contribution >= 4 is 11.8 Å². The second kappa shape index (κ2) is 6.14. The van der Waals surface area contributed by atoms with E-state index in [2.05, 4.69) is 4.74 Å². The van der Waals surface area contributed by atoms with Crippen molar-refractivity contribution in [2.45, 2.75) is 26.2 Å². The van der Waals surface area contributed by atoms with Crippen LogP contribution in [0.5, 0.6) is 0 Å². The highest BCUT2D eigenvalue weighted by molar-refractivity contribution is 6.04. The van der Waals surface area contributed by atoms with Gasteiger partial charge in [0.15, 0.2) is 5.78 Å². The zero-order chi connectivity index (χ0) is 16.3. The molecule has 0 aliphatic rings. The number of ketones is 1. The molecule has 0 aliphatic carbocycles. The van der Waals surface area contributed by atoms with Gasteiger partial charge in [-0.15, -0.1) is 0 Å². The molecular weight excluding hydrogens is 276 g/mol. The SMILES string of the molecule is COC(=O)c1ccc(C(=O)C(C)(C)c2cccc(C)c2)cc1. The van der Waals surface area contributed by atoms with Crippen LogP contribution in [0.1, 0.15) is 45.7 Å². The Bertz CT molecular complexity index is 697. The second-order valence-corrected chi connectivity index (χ2v) is 5.89. The number of Topliss-reactive ketones (excluding diaryl/α,β-unsaturated/α-hetero) is 1. The van der Waals surface area contributed by atoms with Crippen molar-refractivity contribution in [2.24, 2.45) is 0 Å². The van der Waals surface area contributed by atoms with E-state index in [9.17, 15) is 9.59 Å². The van der Waals surface area contributed by atoms with Gasteiger partial charge in [0.2, 0.25) is 0 Å². The molecule has 2 aromatic rings. The maximum Gasteiger partial charge on any atom is 0.337 e. The fourth-order valence-corrected chi connectivity index (χ4v) is 2.40. The molecule has 0 heterocycles. The molecule has 3 nitrogen and oxygen atoms in total. The summed E-state index contributed by atoms with van der Waals surface area (Å²) in [7, 11) is 1.34. The van der Waals surface area contributed by atoms with Gasteiger partial charge >= 0.3 is 5.97 Å². The molecule has 0 fully saturated rings. The number of rotatable bonds is 4. The van der Waals surface area contributed by atoms with Gasteiger partial charge in [-0.25, -0.2) is 4.79 Å². The van der Waals surface area contributed by atoms with E-state index in [1.54, 1.807) is 24.3 Å². The Hall–Kier alpha value is -2.42. The first-order valence-corrected chi connectivity index (χ1v) is 7.16. The van der Waals surface area contributed by atoms with Gasteiger partial charge in [0, 0.05) is 5.56 Å². The largest absolute Gasteiger partial charge is 0.465 e. The van der Waals surface area contributed by atoms with Crippen LogP contribution < -0.4 is 0 Å². The van der Waals surface area contributed by atoms with Gasteiger partial charge in [-0.2, -0.15) is 0 Å². The number of esters is 1. The lowest BCUT2D eigenvalue weighted by atomic mass is 9.77. The summed E-state index contributed by atoms with van der Waals surface area (Å²) in [4.78, 5) is 24.3. The minimum atomic E-state index is -0.626. The summed E-state index contributed by atoms with van der Waals surface area (Å²) in [6.07, 6.45) is 0. The third kappa shape index (κ3) is 3.08. The van der Waals surface area contributed by atoms with E-state index in [1.807, 2.05) is 45.0 Å². The van der Waals surface area contributed by atoms with Crippen molar-refractivity contribution in [1.82, 2.24) is 0 Å². The number of methoxy groups -OCH3 is 1. The third-order valence-electron chi connectivity index (χ3n) is 3.88. The van der Waals surface area contributed by atoms with E-state index in [-0.39, 0.29) is 5.78 Å². The number of carbonyl (C=O) groups excluding carboxylic acids is 2. The van der Waals surface area contributed by atoms with Crippen LogP contribution in [0, 0.1) is 6.92 Å². The van der Waals surface area contributed by atoms with Gasteiger partial charge < -0.3 is 4.74 Å². The third-order valence-corrected chi connectivity index (χ3v) is 3.88. The molecule has 0 amide bonds. The predicted molar refractivity (Wildman–Crippen MR) is 86.3 cm³/mol. The molecule has 2 aromatic carbocycles. The molecule has 0 N–H and O–H groups in total. The Morgan fingerprint density at radius 2 is 1.55 bits per heavy atom. The highest BCUT2D eigenvalue weighted by Gasteiger charge is 2.30. The summed E-state index contributed by atoms with van der Waals surface area (Å²) in [5.74, 6) is -0.383. The zero-order valence-corrected chi connectivity index (χ0v) is 13.3. The fraction of sp³-hybridized carbons (Fsp3) is 0.263. The van der Waals surface area contributed by atoms with Crippen molar-refractivity contribution in [3.8, 4) is 0 Å². The molecule has 22 heavy (non-hydrogen) atoms. The molecular formula is C19H20O3. The molecule has 0 atom stereocenters. The lowest BCUT2D eigenvalue weighted by molar-refractivity contribution is 0.0600. The Labute approximate surface area is 130 Å². The average Bonchev–Trinajstić information content (AvgIpc) is 2.53. The Morgan fingerprint density at radius 3 is 2.09 bits per heavy atom. The van der Waals surface area contributed by atoms with E-state index in [4.69, 9.17) is 0 Å². The summed E-state index contributed by atoms with van der Waals surface area (Å²) in [5.41, 5.74) is 2.50. The topological polar surface area (TPSA) is 43.4 Å². The van der Waals surface area contributed by atoms with Crippen LogP contribution in [0.15, 0.2) is 48.5 Å². The van der Waals surface area contributed by atoms with Crippen LogP contribution in [0.3, 0.4) is 0 Å². The lowest BCUT2D eigenvalue weighted by Crippen LogP contribution is -2.29. The summed E-state index contributed by atoms with van der Waals surface area (Å²) < 4.78 is 4.66. The highest BCUT2D eigenvalue weighted by atomic mass is 16.5. The van der Waals surface area contributed by atoms with Gasteiger partial charge in [0.05, 0.1) is 18.1 Å². The average molecular weight is 296 g/mol. The van der Waals surface area contributed by atoms with Crippen molar-refractivity contribution in [3.05, 3.63) is 70.8 Å². The second-order valence-electron chi connectivity index (χ2n) is 5.89. The van der Waals surface area contributed by atoms with Crippen molar-refractivity contribution in [2.75, 3.05) is 7.11 Å².